The molecule has 0 aliphatic rings. The number of hydrogen-bond donors (Lipinski definition) is 3. The van der Waals surface area contributed by atoms with Crippen LogP contribution in [0.25, 0.3) is 0 Å². The Morgan fingerprint density at radius 3 is 1.97 bits per heavy atom. The molecule has 0 aliphatic carbocycles. The maximum atomic E-state index is 12.8. The second kappa shape index (κ2) is 12.6. The Morgan fingerprint density at radius 2 is 1.41 bits per heavy atom. The van der Waals surface area contributed by atoms with Crippen LogP contribution in [0, 0.1) is 5.92 Å². The summed E-state index contributed by atoms with van der Waals surface area (Å²) in [5.41, 5.74) is 7.63. The third-order valence-electron chi connectivity index (χ3n) is 4.92. The van der Waals surface area contributed by atoms with Crippen molar-refractivity contribution in [1.29, 1.82) is 0 Å². The van der Waals surface area contributed by atoms with Gasteiger partial charge in [-0.3, -0.25) is 9.59 Å². The molecule has 2 aromatic rings. The van der Waals surface area contributed by atoms with E-state index in [0.717, 1.165) is 11.1 Å². The van der Waals surface area contributed by atoms with E-state index in [1.165, 1.54) is 0 Å². The van der Waals surface area contributed by atoms with Crippen molar-refractivity contribution < 1.29 is 19.1 Å². The summed E-state index contributed by atoms with van der Waals surface area (Å²) >= 11 is 0. The zero-order valence-corrected chi connectivity index (χ0v) is 18.9. The van der Waals surface area contributed by atoms with Crippen molar-refractivity contribution in [1.82, 2.24) is 10.6 Å². The van der Waals surface area contributed by atoms with Gasteiger partial charge < -0.3 is 21.1 Å². The van der Waals surface area contributed by atoms with Gasteiger partial charge in [-0.25, -0.2) is 4.79 Å². The van der Waals surface area contributed by atoms with Gasteiger partial charge in [0.05, 0.1) is 6.04 Å². The minimum atomic E-state index is -0.891. The predicted octanol–water partition coefficient (Wildman–Crippen LogP) is 2.34. The normalized spacial score (nSPS) is 13.7. The monoisotopic (exact) mass is 439 g/mol. The molecule has 172 valence electrons. The molecule has 0 unspecified atom stereocenters. The smallest absolute Gasteiger partial charge is 0.329 e. The lowest BCUT2D eigenvalue weighted by atomic mass is 10.0. The molecule has 2 amide bonds. The third kappa shape index (κ3) is 8.51. The van der Waals surface area contributed by atoms with E-state index in [9.17, 15) is 14.4 Å². The van der Waals surface area contributed by atoms with Crippen LogP contribution < -0.4 is 16.4 Å². The molecule has 0 heterocycles. The molecule has 0 saturated carbocycles. The van der Waals surface area contributed by atoms with Gasteiger partial charge in [-0.05, 0) is 30.4 Å². The summed E-state index contributed by atoms with van der Waals surface area (Å²) in [7, 11) is 0. The fraction of sp³-hybridized carbons (Fsp3) is 0.400. The second-order valence-electron chi connectivity index (χ2n) is 8.31. The topological polar surface area (TPSA) is 111 Å². The Labute approximate surface area is 189 Å². The van der Waals surface area contributed by atoms with Gasteiger partial charge in [-0.15, -0.1) is 0 Å². The van der Waals surface area contributed by atoms with Crippen LogP contribution in [0.4, 0.5) is 0 Å². The highest BCUT2D eigenvalue weighted by atomic mass is 16.5. The van der Waals surface area contributed by atoms with E-state index < -0.39 is 35.9 Å². The molecule has 2 aromatic carbocycles. The van der Waals surface area contributed by atoms with Gasteiger partial charge >= 0.3 is 5.97 Å². The van der Waals surface area contributed by atoms with Crippen molar-refractivity contribution in [2.75, 3.05) is 0 Å². The molecule has 0 radical (unpaired) electrons. The Bertz CT molecular complexity index is 871. The summed E-state index contributed by atoms with van der Waals surface area (Å²) in [6, 6.07) is 16.2. The van der Waals surface area contributed by atoms with Gasteiger partial charge in [-0.2, -0.15) is 0 Å². The molecule has 4 N–H and O–H groups in total. The van der Waals surface area contributed by atoms with Crippen molar-refractivity contribution >= 4 is 17.8 Å². The Morgan fingerprint density at radius 1 is 0.844 bits per heavy atom. The quantitative estimate of drug-likeness (QED) is 0.466. The van der Waals surface area contributed by atoms with Crippen LogP contribution >= 0.6 is 0 Å². The van der Waals surface area contributed by atoms with Gasteiger partial charge in [-0.1, -0.05) is 74.5 Å². The van der Waals surface area contributed by atoms with Gasteiger partial charge in [0.2, 0.25) is 11.8 Å². The Balaban J connectivity index is 2.01. The van der Waals surface area contributed by atoms with Crippen LogP contribution in [0.15, 0.2) is 60.7 Å². The predicted molar refractivity (Wildman–Crippen MR) is 123 cm³/mol. The SMILES string of the molecule is CC(C)C[C@H](N)C(=O)N[C@@H](C)C(=O)N[C@@H](Cc1ccccc1)C(=O)OCc1ccccc1. The van der Waals surface area contributed by atoms with Crippen molar-refractivity contribution in [2.24, 2.45) is 11.7 Å². The number of amides is 2. The van der Waals surface area contributed by atoms with E-state index in [2.05, 4.69) is 10.6 Å². The zero-order valence-electron chi connectivity index (χ0n) is 18.9. The average molecular weight is 440 g/mol. The Hall–Kier alpha value is -3.19. The first-order valence-corrected chi connectivity index (χ1v) is 10.9. The molecule has 7 heteroatoms. The second-order valence-corrected chi connectivity index (χ2v) is 8.31. The maximum absolute atomic E-state index is 12.8. The number of carbonyl (C=O) groups is 3. The number of nitrogens with two attached hydrogens (primary N) is 1. The first-order valence-electron chi connectivity index (χ1n) is 10.9. The first kappa shape index (κ1) is 25.1. The van der Waals surface area contributed by atoms with Gasteiger partial charge in [0.15, 0.2) is 0 Å². The molecule has 0 aromatic heterocycles. The molecule has 32 heavy (non-hydrogen) atoms. The van der Waals surface area contributed by atoms with Crippen LogP contribution in [0.1, 0.15) is 38.3 Å². The summed E-state index contributed by atoms with van der Waals surface area (Å²) in [6.07, 6.45) is 0.788. The standard InChI is InChI=1S/C25H33N3O4/c1-17(2)14-21(26)24(30)27-18(3)23(29)28-22(15-19-10-6-4-7-11-19)25(31)32-16-20-12-8-5-9-13-20/h4-13,17-18,21-22H,14-16,26H2,1-3H3,(H,27,30)(H,28,29)/t18-,21-,22-/m0/s1. The number of benzene rings is 2. The molecule has 0 saturated heterocycles. The van der Waals surface area contributed by atoms with Crippen LogP contribution in [0.3, 0.4) is 0 Å². The minimum absolute atomic E-state index is 0.108. The maximum Gasteiger partial charge on any atom is 0.329 e. The van der Waals surface area contributed by atoms with Crippen LogP contribution in [0.5, 0.6) is 0 Å². The molecular weight excluding hydrogens is 406 g/mol. The van der Waals surface area contributed by atoms with Crippen molar-refractivity contribution in [3.8, 4) is 0 Å². The van der Waals surface area contributed by atoms with Crippen molar-refractivity contribution in [2.45, 2.75) is 58.3 Å². The van der Waals surface area contributed by atoms with E-state index >= 15 is 0 Å². The molecule has 0 bridgehead atoms. The van der Waals surface area contributed by atoms with Gasteiger partial charge in [0, 0.05) is 6.42 Å². The third-order valence-corrected chi connectivity index (χ3v) is 4.92. The summed E-state index contributed by atoms with van der Waals surface area (Å²) in [5, 5.41) is 5.34. The molecule has 3 atom stereocenters. The lowest BCUT2D eigenvalue weighted by molar-refractivity contribution is -0.149. The lowest BCUT2D eigenvalue weighted by Gasteiger charge is -2.22. The van der Waals surface area contributed by atoms with E-state index in [0.29, 0.717) is 6.42 Å². The number of carbonyl (C=O) groups excluding carboxylic acids is 3. The lowest BCUT2D eigenvalue weighted by Crippen LogP contribution is -2.54. The fourth-order valence-electron chi connectivity index (χ4n) is 3.17. The highest BCUT2D eigenvalue weighted by Gasteiger charge is 2.27. The number of rotatable bonds is 11. The largest absolute Gasteiger partial charge is 0.459 e. The minimum Gasteiger partial charge on any atom is -0.459 e. The summed E-state index contributed by atoms with van der Waals surface area (Å²) in [5.74, 6) is -1.16. The highest BCUT2D eigenvalue weighted by molar-refractivity contribution is 5.91. The summed E-state index contributed by atoms with van der Waals surface area (Å²) in [4.78, 5) is 37.8. The molecule has 0 fully saturated rings. The zero-order chi connectivity index (χ0) is 23.5. The van der Waals surface area contributed by atoms with Crippen molar-refractivity contribution in [3.05, 3.63) is 71.8 Å². The van der Waals surface area contributed by atoms with Crippen molar-refractivity contribution in [3.63, 3.8) is 0 Å². The first-order chi connectivity index (χ1) is 15.3. The fourth-order valence-corrected chi connectivity index (χ4v) is 3.17. The highest BCUT2D eigenvalue weighted by Crippen LogP contribution is 2.08. The number of ether oxygens (including phenoxy) is 1. The van der Waals surface area contributed by atoms with Gasteiger partial charge in [0.25, 0.3) is 0 Å². The molecule has 7 nitrogen and oxygen atoms in total. The molecule has 2 rings (SSSR count). The summed E-state index contributed by atoms with van der Waals surface area (Å²) < 4.78 is 5.45. The van der Waals surface area contributed by atoms with E-state index in [4.69, 9.17) is 10.5 Å². The van der Waals surface area contributed by atoms with Crippen LogP contribution in [0.2, 0.25) is 0 Å². The van der Waals surface area contributed by atoms with E-state index in [1.807, 2.05) is 74.5 Å². The number of nitrogens with one attached hydrogen (secondary N) is 2. The van der Waals surface area contributed by atoms with Crippen LogP contribution in [-0.2, 0) is 32.1 Å². The van der Waals surface area contributed by atoms with E-state index in [-0.39, 0.29) is 18.9 Å². The number of hydrogen-bond acceptors (Lipinski definition) is 5. The number of esters is 1. The molecular formula is C25H33N3O4. The summed E-state index contributed by atoms with van der Waals surface area (Å²) in [6.45, 7) is 5.61. The van der Waals surface area contributed by atoms with Crippen LogP contribution in [-0.4, -0.2) is 35.9 Å². The molecule has 0 aliphatic heterocycles. The molecule has 0 spiro atoms. The Kier molecular flexibility index (Phi) is 9.88. The van der Waals surface area contributed by atoms with E-state index in [1.54, 1.807) is 6.92 Å². The van der Waals surface area contributed by atoms with Gasteiger partial charge in [0.1, 0.15) is 18.7 Å². The average Bonchev–Trinajstić information content (AvgIpc) is 2.77.